The smallest absolute Gasteiger partial charge is 0.330 e. The summed E-state index contributed by atoms with van der Waals surface area (Å²) < 4.78 is 20.8. The highest BCUT2D eigenvalue weighted by molar-refractivity contribution is 7.16. The summed E-state index contributed by atoms with van der Waals surface area (Å²) >= 11 is 0. The van der Waals surface area contributed by atoms with E-state index in [4.69, 9.17) is 12.3 Å². The number of carboxylic acids is 1. The van der Waals surface area contributed by atoms with E-state index in [0.717, 1.165) is 12.5 Å². The topological polar surface area (TPSA) is 65.0 Å². The fourth-order valence-corrected chi connectivity index (χ4v) is 51.5. The normalized spacial score (nSPS) is 15.9. The van der Waals surface area contributed by atoms with E-state index >= 15 is 0 Å². The molecule has 1 N–H and O–H groups in total. The Hall–Kier alpha value is 0.608. The van der Waals surface area contributed by atoms with Gasteiger partial charge in [-0.2, -0.15) is 0 Å². The van der Waals surface area contributed by atoms with Crippen LogP contribution in [0.1, 0.15) is 13.3 Å². The molecule has 0 saturated heterocycles. The lowest BCUT2D eigenvalue weighted by atomic mass is 10.3. The molecule has 0 aliphatic carbocycles. The maximum absolute atomic E-state index is 13.3. The minimum atomic E-state index is -2.72. The molecule has 5 nitrogen and oxygen atoms in total. The summed E-state index contributed by atoms with van der Waals surface area (Å²) in [5.41, 5.74) is 2.76. The second-order valence-electron chi connectivity index (χ2n) is 14.0. The van der Waals surface area contributed by atoms with Crippen LogP contribution in [-0.4, -0.2) is 70.5 Å². The molecule has 0 rings (SSSR count). The first-order chi connectivity index (χ1) is 14.8. The fraction of sp³-hybridized carbons (Fsp3) is 0.864. The van der Waals surface area contributed by atoms with Crippen LogP contribution in [0.3, 0.4) is 0 Å². The molecular formula is C22H56O5Si7. The molecule has 0 fully saturated rings. The average molecular weight is 597 g/mol. The zero-order valence-electron chi connectivity index (χ0n) is 25.3. The van der Waals surface area contributed by atoms with E-state index in [2.05, 4.69) is 111 Å². The second-order valence-corrected chi connectivity index (χ2v) is 43.6. The molecule has 0 spiro atoms. The zero-order valence-corrected chi connectivity index (χ0v) is 32.7. The lowest BCUT2D eigenvalue weighted by molar-refractivity contribution is -0.132. The highest BCUT2D eigenvalue weighted by atomic mass is 28.5. The third-order valence-corrected chi connectivity index (χ3v) is 38.3. The van der Waals surface area contributed by atoms with Gasteiger partial charge in [-0.15, -0.1) is 0 Å². The van der Waals surface area contributed by atoms with E-state index in [0.29, 0.717) is 5.57 Å². The van der Waals surface area contributed by atoms with Crippen LogP contribution in [-0.2, 0) is 17.1 Å². The van der Waals surface area contributed by atoms with E-state index in [1.807, 2.05) is 0 Å². The maximum atomic E-state index is 13.3. The van der Waals surface area contributed by atoms with Crippen molar-refractivity contribution in [2.75, 3.05) is 0 Å². The summed E-state index contributed by atoms with van der Waals surface area (Å²) in [5, 5.41) is 10.9. The molecular weight excluding hydrogens is 541 g/mol. The molecule has 0 unspecified atom stereocenters. The van der Waals surface area contributed by atoms with E-state index in [9.17, 15) is 9.90 Å². The largest absolute Gasteiger partial charge is 0.478 e. The minimum absolute atomic E-state index is 0.590. The van der Waals surface area contributed by atoms with Crippen LogP contribution in [0.4, 0.5) is 0 Å². The fourth-order valence-electron chi connectivity index (χ4n) is 6.53. The van der Waals surface area contributed by atoms with Crippen molar-refractivity contribution in [3.05, 3.63) is 11.3 Å². The molecule has 0 saturated carbocycles. The molecule has 0 aromatic rings. The van der Waals surface area contributed by atoms with Crippen LogP contribution in [0.5, 0.6) is 0 Å². The molecule has 34 heavy (non-hydrogen) atoms. The van der Waals surface area contributed by atoms with Crippen LogP contribution in [0.2, 0.25) is 109 Å². The van der Waals surface area contributed by atoms with Gasteiger partial charge in [-0.1, -0.05) is 25.1 Å². The van der Waals surface area contributed by atoms with Gasteiger partial charge in [0, 0.05) is 15.1 Å². The Labute approximate surface area is 220 Å². The van der Waals surface area contributed by atoms with Crippen molar-refractivity contribution in [1.82, 2.24) is 0 Å². The molecule has 0 amide bonds. The molecule has 0 atom stereocenters. The molecule has 0 heterocycles. The summed E-state index contributed by atoms with van der Waals surface area (Å²) in [4.78, 5) is 13.3. The first-order valence-electron chi connectivity index (χ1n) is 12.8. The summed E-state index contributed by atoms with van der Waals surface area (Å²) in [7, 11) is -14.8. The number of hydrogen-bond acceptors (Lipinski definition) is 4. The standard InChI is InChI=1S/C22H56O5Si7/c1-17-18-28-19-20(21(23)24)22(32(11,12)25-29(2,3)4,33(13,14)26-30(5,6)7)34(15,16)27-31(8,9)10/h19H,17-18,28H2,1-16H3,(H,23,24). The molecule has 202 valence electrons. The Morgan fingerprint density at radius 2 is 1.00 bits per heavy atom. The lowest BCUT2D eigenvalue weighted by Gasteiger charge is -2.62. The summed E-state index contributed by atoms with van der Waals surface area (Å²) in [6.07, 6.45) is 1.09. The van der Waals surface area contributed by atoms with Gasteiger partial charge in [-0.3, -0.25) is 0 Å². The van der Waals surface area contributed by atoms with Gasteiger partial charge >= 0.3 is 5.97 Å². The zero-order chi connectivity index (χ0) is 27.6. The van der Waals surface area contributed by atoms with Crippen LogP contribution in [0.25, 0.3) is 0 Å². The third kappa shape index (κ3) is 8.87. The number of rotatable bonds is 14. The van der Waals surface area contributed by atoms with E-state index < -0.39 is 69.7 Å². The van der Waals surface area contributed by atoms with Crippen molar-refractivity contribution in [1.29, 1.82) is 0 Å². The van der Waals surface area contributed by atoms with Crippen LogP contribution < -0.4 is 0 Å². The molecule has 0 aromatic heterocycles. The predicted octanol–water partition coefficient (Wildman–Crippen LogP) is 6.94. The van der Waals surface area contributed by atoms with Gasteiger partial charge in [-0.25, -0.2) is 4.79 Å². The minimum Gasteiger partial charge on any atom is -0.478 e. The number of carboxylic acid groups (broad SMARTS) is 1. The predicted molar refractivity (Wildman–Crippen MR) is 168 cm³/mol. The second kappa shape index (κ2) is 11.6. The van der Waals surface area contributed by atoms with Gasteiger partial charge in [0.25, 0.3) is 0 Å². The Bertz CT molecular complexity index is 660. The van der Waals surface area contributed by atoms with Crippen molar-refractivity contribution in [3.8, 4) is 0 Å². The third-order valence-electron chi connectivity index (χ3n) is 5.93. The number of aliphatic carboxylic acids is 1. The maximum Gasteiger partial charge on any atom is 0.330 e. The van der Waals surface area contributed by atoms with Crippen molar-refractivity contribution < 1.29 is 22.2 Å². The number of carbonyl (C=O) groups is 1. The van der Waals surface area contributed by atoms with Gasteiger partial charge in [0.1, 0.15) is 0 Å². The molecule has 0 aromatic carbocycles. The van der Waals surface area contributed by atoms with Gasteiger partial charge in [-0.05, 0) is 98.2 Å². The average Bonchev–Trinajstić information content (AvgIpc) is 2.45. The molecule has 0 aliphatic rings. The van der Waals surface area contributed by atoms with Crippen molar-refractivity contribution >= 4 is 65.4 Å². The highest BCUT2D eigenvalue weighted by Gasteiger charge is 2.73. The van der Waals surface area contributed by atoms with Crippen molar-refractivity contribution in [2.45, 2.75) is 122 Å². The quantitative estimate of drug-likeness (QED) is 0.134. The summed E-state index contributed by atoms with van der Waals surface area (Å²) in [5.74, 6) is -0.789. The molecule has 0 bridgehead atoms. The SMILES string of the molecule is CCC[SiH2]C=C(C(=O)O)C([Si](C)(C)O[Si](C)(C)C)([Si](C)(C)O[Si](C)(C)C)[Si](C)(C)O[Si](C)(C)C. The van der Waals surface area contributed by atoms with Crippen LogP contribution in [0, 0.1) is 0 Å². The molecule has 0 radical (unpaired) electrons. The Morgan fingerprint density at radius 3 is 1.21 bits per heavy atom. The summed E-state index contributed by atoms with van der Waals surface area (Å²) in [6.45, 7) is 35.9. The van der Waals surface area contributed by atoms with E-state index in [-0.39, 0.29) is 0 Å². The van der Waals surface area contributed by atoms with Gasteiger partial charge < -0.3 is 17.5 Å². The molecule has 0 aliphatic heterocycles. The number of hydrogen-bond donors (Lipinski definition) is 1. The van der Waals surface area contributed by atoms with Gasteiger partial charge in [0.05, 0.1) is 4.28 Å². The Morgan fingerprint density at radius 1 is 0.706 bits per heavy atom. The first kappa shape index (κ1) is 34.6. The van der Waals surface area contributed by atoms with E-state index in [1.54, 1.807) is 0 Å². The van der Waals surface area contributed by atoms with E-state index in [1.165, 1.54) is 0 Å². The van der Waals surface area contributed by atoms with Crippen LogP contribution >= 0.6 is 0 Å². The Kier molecular flexibility index (Phi) is 11.8. The van der Waals surface area contributed by atoms with Crippen LogP contribution in [0.15, 0.2) is 11.3 Å². The van der Waals surface area contributed by atoms with Crippen molar-refractivity contribution in [2.24, 2.45) is 0 Å². The van der Waals surface area contributed by atoms with Gasteiger partial charge in [0.15, 0.2) is 49.9 Å². The Balaban J connectivity index is 7.88. The summed E-state index contributed by atoms with van der Waals surface area (Å²) in [6, 6.07) is 1.11. The lowest BCUT2D eigenvalue weighted by Crippen LogP contribution is -2.76. The first-order valence-corrected chi connectivity index (χ1v) is 33.6. The monoisotopic (exact) mass is 596 g/mol. The molecule has 12 heteroatoms. The highest BCUT2D eigenvalue weighted by Crippen LogP contribution is 2.61. The van der Waals surface area contributed by atoms with Crippen molar-refractivity contribution in [3.63, 3.8) is 0 Å². The van der Waals surface area contributed by atoms with Gasteiger partial charge in [0.2, 0.25) is 0 Å².